The zero-order chi connectivity index (χ0) is 22.0. The average molecular weight is 417 g/mol. The largest absolute Gasteiger partial charge is 0.463 e. The summed E-state index contributed by atoms with van der Waals surface area (Å²) in [5.41, 5.74) is 12.8. The molecule has 0 unspecified atom stereocenters. The van der Waals surface area contributed by atoms with E-state index in [2.05, 4.69) is 86.7 Å². The van der Waals surface area contributed by atoms with Crippen LogP contribution in [0.2, 0.25) is 0 Å². The van der Waals surface area contributed by atoms with Gasteiger partial charge in [0.2, 0.25) is 0 Å². The highest BCUT2D eigenvalue weighted by Gasteiger charge is 2.21. The predicted molar refractivity (Wildman–Crippen MR) is 132 cm³/mol. The Bertz CT molecular complexity index is 1630. The van der Waals surface area contributed by atoms with Crippen LogP contribution in [0.4, 0.5) is 0 Å². The molecular formula is C29H24N2O. The highest BCUT2D eigenvalue weighted by molar-refractivity contribution is 6.15. The van der Waals surface area contributed by atoms with Crippen LogP contribution in [0.1, 0.15) is 22.3 Å². The molecule has 0 atom stereocenters. The number of benzene rings is 3. The Kier molecular flexibility index (Phi) is 4.03. The van der Waals surface area contributed by atoms with E-state index in [-0.39, 0.29) is 0 Å². The fraction of sp³-hybridized carbons (Fsp3) is 0.138. The van der Waals surface area contributed by atoms with Gasteiger partial charge in [0.15, 0.2) is 0 Å². The van der Waals surface area contributed by atoms with Gasteiger partial charge < -0.3 is 4.42 Å². The minimum absolute atomic E-state index is 0.893. The van der Waals surface area contributed by atoms with Gasteiger partial charge in [-0.2, -0.15) is 0 Å². The summed E-state index contributed by atoms with van der Waals surface area (Å²) in [6, 6.07) is 21.5. The third-order valence-corrected chi connectivity index (χ3v) is 6.67. The van der Waals surface area contributed by atoms with Gasteiger partial charge in [0.1, 0.15) is 11.2 Å². The molecule has 0 aliphatic rings. The first kappa shape index (κ1) is 18.9. The quantitative estimate of drug-likeness (QED) is 0.288. The topological polar surface area (TPSA) is 30.4 Å². The van der Waals surface area contributed by atoms with Crippen molar-refractivity contribution >= 4 is 27.5 Å². The van der Waals surface area contributed by atoms with Gasteiger partial charge in [-0.05, 0) is 73.2 Å². The Labute approximate surface area is 187 Å². The molecule has 3 heterocycles. The van der Waals surface area contributed by atoms with Crippen molar-refractivity contribution in [2.75, 3.05) is 0 Å². The molecule has 3 aromatic carbocycles. The highest BCUT2D eigenvalue weighted by Crippen LogP contribution is 2.41. The molecule has 32 heavy (non-hydrogen) atoms. The van der Waals surface area contributed by atoms with Gasteiger partial charge in [-0.15, -0.1) is 0 Å². The lowest BCUT2D eigenvalue weighted by atomic mass is 9.92. The van der Waals surface area contributed by atoms with Gasteiger partial charge in [-0.25, -0.2) is 4.98 Å². The van der Waals surface area contributed by atoms with Crippen molar-refractivity contribution < 1.29 is 4.42 Å². The summed E-state index contributed by atoms with van der Waals surface area (Å²) in [5.74, 6) is 0. The summed E-state index contributed by atoms with van der Waals surface area (Å²) in [6.45, 7) is 8.70. The fourth-order valence-corrected chi connectivity index (χ4v) is 5.27. The van der Waals surface area contributed by atoms with Crippen LogP contribution in [0, 0.1) is 27.7 Å². The molecule has 0 spiro atoms. The predicted octanol–water partition coefficient (Wildman–Crippen LogP) is 7.80. The zero-order valence-corrected chi connectivity index (χ0v) is 18.7. The van der Waals surface area contributed by atoms with Crippen LogP contribution in [0.15, 0.2) is 77.5 Å². The van der Waals surface area contributed by atoms with Gasteiger partial charge in [-0.1, -0.05) is 48.5 Å². The first-order chi connectivity index (χ1) is 15.6. The number of aryl methyl sites for hydroxylation is 4. The van der Waals surface area contributed by atoms with Gasteiger partial charge in [0.05, 0.1) is 29.1 Å². The third kappa shape index (κ3) is 2.51. The van der Waals surface area contributed by atoms with Crippen LogP contribution in [0.3, 0.4) is 0 Å². The average Bonchev–Trinajstić information content (AvgIpc) is 3.41. The van der Waals surface area contributed by atoms with E-state index in [0.717, 1.165) is 33.2 Å². The molecule has 3 nitrogen and oxygen atoms in total. The Morgan fingerprint density at radius 3 is 2.03 bits per heavy atom. The van der Waals surface area contributed by atoms with E-state index in [1.54, 1.807) is 6.26 Å². The number of aromatic nitrogens is 2. The fourth-order valence-electron chi connectivity index (χ4n) is 5.27. The number of hydrogen-bond acceptors (Lipinski definition) is 2. The minimum Gasteiger partial charge on any atom is -0.463 e. The van der Waals surface area contributed by atoms with Crippen molar-refractivity contribution in [2.24, 2.45) is 0 Å². The monoisotopic (exact) mass is 416 g/mol. The normalized spacial score (nSPS) is 11.8. The molecule has 0 aliphatic carbocycles. The van der Waals surface area contributed by atoms with Crippen molar-refractivity contribution in [1.29, 1.82) is 0 Å². The van der Waals surface area contributed by atoms with E-state index in [4.69, 9.17) is 9.40 Å². The maximum absolute atomic E-state index is 6.09. The number of pyridine rings is 1. The highest BCUT2D eigenvalue weighted by atomic mass is 16.3. The standard InChI is InChI=1S/C29H24N2O/c1-17-8-5-9-18(2)25(17)21-12-7-13-23-27(21)28-22(14-15-32-28)29-30-16-24(31(23)29)26-19(3)10-6-11-20(26)4/h5-16H,1-4H3. The number of imidazole rings is 1. The molecule has 6 aromatic rings. The molecule has 0 amide bonds. The Morgan fingerprint density at radius 2 is 1.34 bits per heavy atom. The van der Waals surface area contributed by atoms with E-state index in [0.29, 0.717) is 0 Å². The van der Waals surface area contributed by atoms with Crippen molar-refractivity contribution in [1.82, 2.24) is 9.38 Å². The van der Waals surface area contributed by atoms with E-state index in [1.807, 2.05) is 12.3 Å². The first-order valence-corrected chi connectivity index (χ1v) is 11.0. The molecule has 0 saturated carbocycles. The van der Waals surface area contributed by atoms with Crippen LogP contribution in [0.25, 0.3) is 49.9 Å². The van der Waals surface area contributed by atoms with Crippen LogP contribution < -0.4 is 0 Å². The molecule has 0 saturated heterocycles. The summed E-state index contributed by atoms with van der Waals surface area (Å²) in [5, 5.41) is 2.16. The maximum Gasteiger partial charge on any atom is 0.148 e. The summed E-state index contributed by atoms with van der Waals surface area (Å²) in [4.78, 5) is 4.87. The lowest BCUT2D eigenvalue weighted by Crippen LogP contribution is -1.97. The number of rotatable bonds is 2. The van der Waals surface area contributed by atoms with Gasteiger partial charge in [0.25, 0.3) is 0 Å². The molecule has 0 bridgehead atoms. The summed E-state index contributed by atoms with van der Waals surface area (Å²) < 4.78 is 8.40. The van der Waals surface area contributed by atoms with E-state index in [9.17, 15) is 0 Å². The van der Waals surface area contributed by atoms with E-state index >= 15 is 0 Å². The van der Waals surface area contributed by atoms with E-state index < -0.39 is 0 Å². The van der Waals surface area contributed by atoms with E-state index in [1.165, 1.54) is 38.9 Å². The minimum atomic E-state index is 0.893. The Hall–Kier alpha value is -3.85. The molecule has 0 aliphatic heterocycles. The molecule has 3 heteroatoms. The van der Waals surface area contributed by atoms with Crippen molar-refractivity contribution in [3.8, 4) is 22.4 Å². The van der Waals surface area contributed by atoms with Crippen LogP contribution >= 0.6 is 0 Å². The number of hydrogen-bond donors (Lipinski definition) is 0. The third-order valence-electron chi connectivity index (χ3n) is 6.67. The SMILES string of the molecule is Cc1cccc(C)c1-c1cccc2c1c1occc1c1ncc(-c3c(C)cccc3C)n21. The van der Waals surface area contributed by atoms with Crippen molar-refractivity contribution in [3.05, 3.63) is 95.4 Å². The second-order valence-corrected chi connectivity index (χ2v) is 8.70. The lowest BCUT2D eigenvalue weighted by molar-refractivity contribution is 0.619. The van der Waals surface area contributed by atoms with Crippen molar-refractivity contribution in [2.45, 2.75) is 27.7 Å². The second kappa shape index (κ2) is 6.83. The van der Waals surface area contributed by atoms with Crippen molar-refractivity contribution in [3.63, 3.8) is 0 Å². The summed E-state index contributed by atoms with van der Waals surface area (Å²) >= 11 is 0. The molecule has 3 aromatic heterocycles. The smallest absolute Gasteiger partial charge is 0.148 e. The second-order valence-electron chi connectivity index (χ2n) is 8.70. The summed E-state index contributed by atoms with van der Waals surface area (Å²) in [7, 11) is 0. The van der Waals surface area contributed by atoms with Gasteiger partial charge in [-0.3, -0.25) is 4.40 Å². The zero-order valence-electron chi connectivity index (χ0n) is 18.7. The molecule has 0 radical (unpaired) electrons. The molecule has 6 rings (SSSR count). The number of furan rings is 1. The number of nitrogens with zero attached hydrogens (tertiary/aromatic N) is 2. The van der Waals surface area contributed by atoms with Crippen LogP contribution in [0.5, 0.6) is 0 Å². The first-order valence-electron chi connectivity index (χ1n) is 11.0. The Morgan fingerprint density at radius 1 is 0.719 bits per heavy atom. The van der Waals surface area contributed by atoms with Crippen LogP contribution in [-0.4, -0.2) is 9.38 Å². The molecule has 0 N–H and O–H groups in total. The van der Waals surface area contributed by atoms with Crippen LogP contribution in [-0.2, 0) is 0 Å². The molecule has 0 fully saturated rings. The number of fused-ring (bicyclic) bond motifs is 6. The maximum atomic E-state index is 6.09. The van der Waals surface area contributed by atoms with Gasteiger partial charge >= 0.3 is 0 Å². The molecular weight excluding hydrogens is 392 g/mol. The Balaban J connectivity index is 1.85. The molecule has 156 valence electrons. The summed E-state index contributed by atoms with van der Waals surface area (Å²) in [6.07, 6.45) is 3.78. The lowest BCUT2D eigenvalue weighted by Gasteiger charge is -2.16. The van der Waals surface area contributed by atoms with Gasteiger partial charge in [0, 0.05) is 10.9 Å².